The van der Waals surface area contributed by atoms with Crippen molar-refractivity contribution in [3.63, 3.8) is 0 Å². The standard InChI is InChI=1S/C25H27F3N6O3/c1-15(16-5-3-2-4-6-16)23(35)30-19-11-17(25(26,27)28)12-20(13-19)31-24(36)32-22-14-34(33-37-22)21-9-7-18(29)8-10-21/h2-6,11-15,18,21H,7-10,29H2,1H3,(H2-,30,31,32,33,35,36)/p+1/t15-,18?,21?/m0/s1. The van der Waals surface area contributed by atoms with E-state index in [0.717, 1.165) is 37.8 Å². The van der Waals surface area contributed by atoms with Crippen LogP contribution >= 0.6 is 0 Å². The molecule has 1 aliphatic rings. The molecule has 12 heteroatoms. The number of amides is 3. The van der Waals surface area contributed by atoms with Crippen LogP contribution in [0.4, 0.5) is 35.2 Å². The highest BCUT2D eigenvalue weighted by Crippen LogP contribution is 2.34. The molecule has 0 bridgehead atoms. The van der Waals surface area contributed by atoms with Crippen molar-refractivity contribution in [1.82, 2.24) is 5.27 Å². The SMILES string of the molecule is C[C@H](C(=O)Nc1cc(NC(=O)Nc2c[n+](C3CCC(N)CC3)no2)cc(C(F)(F)F)c1)c1ccccc1. The number of carbonyl (C=O) groups excluding carboxylic acids is 2. The summed E-state index contributed by atoms with van der Waals surface area (Å²) in [5, 5.41) is 11.2. The number of aromatic nitrogens is 2. The second kappa shape index (κ2) is 11.0. The van der Waals surface area contributed by atoms with Crippen molar-refractivity contribution in [2.24, 2.45) is 5.73 Å². The van der Waals surface area contributed by atoms with Gasteiger partial charge in [-0.3, -0.25) is 14.6 Å². The Bertz CT molecular complexity index is 1240. The third kappa shape index (κ3) is 6.85. The number of urea groups is 1. The van der Waals surface area contributed by atoms with Crippen LogP contribution in [-0.2, 0) is 11.0 Å². The Morgan fingerprint density at radius 2 is 1.68 bits per heavy atom. The second-order valence-electron chi connectivity index (χ2n) is 9.11. The third-order valence-corrected chi connectivity index (χ3v) is 6.31. The van der Waals surface area contributed by atoms with E-state index in [1.165, 1.54) is 12.3 Å². The third-order valence-electron chi connectivity index (χ3n) is 6.31. The van der Waals surface area contributed by atoms with Gasteiger partial charge >= 0.3 is 18.1 Å². The molecule has 0 radical (unpaired) electrons. The van der Waals surface area contributed by atoms with Gasteiger partial charge in [-0.1, -0.05) is 30.3 Å². The predicted molar refractivity (Wildman–Crippen MR) is 130 cm³/mol. The van der Waals surface area contributed by atoms with Crippen LogP contribution in [0.3, 0.4) is 0 Å². The minimum atomic E-state index is -4.70. The van der Waals surface area contributed by atoms with Crippen molar-refractivity contribution >= 4 is 29.2 Å². The van der Waals surface area contributed by atoms with Gasteiger partial charge in [-0.2, -0.15) is 13.2 Å². The van der Waals surface area contributed by atoms with Crippen molar-refractivity contribution in [1.29, 1.82) is 0 Å². The number of hydrogen-bond donors (Lipinski definition) is 4. The average molecular weight is 518 g/mol. The largest absolute Gasteiger partial charge is 0.416 e. The highest BCUT2D eigenvalue weighted by Gasteiger charge is 2.32. The molecule has 3 aromatic rings. The maximum absolute atomic E-state index is 13.5. The molecule has 9 nitrogen and oxygen atoms in total. The van der Waals surface area contributed by atoms with E-state index in [1.54, 1.807) is 41.9 Å². The van der Waals surface area contributed by atoms with E-state index in [1.807, 2.05) is 0 Å². The Labute approximate surface area is 211 Å². The number of rotatable bonds is 6. The van der Waals surface area contributed by atoms with E-state index in [9.17, 15) is 22.8 Å². The van der Waals surface area contributed by atoms with Crippen LogP contribution in [0.1, 0.15) is 55.7 Å². The molecule has 0 spiro atoms. The van der Waals surface area contributed by atoms with Gasteiger partial charge in [0.2, 0.25) is 11.2 Å². The first-order chi connectivity index (χ1) is 17.6. The molecule has 1 saturated carbocycles. The van der Waals surface area contributed by atoms with Crippen LogP contribution in [0.15, 0.2) is 59.3 Å². The molecule has 3 amide bonds. The molecule has 1 aromatic heterocycles. The maximum atomic E-state index is 13.5. The van der Waals surface area contributed by atoms with Crippen molar-refractivity contribution < 1.29 is 32.0 Å². The Morgan fingerprint density at radius 3 is 2.32 bits per heavy atom. The Morgan fingerprint density at radius 1 is 1.03 bits per heavy atom. The molecule has 5 N–H and O–H groups in total. The summed E-state index contributed by atoms with van der Waals surface area (Å²) < 4.78 is 47.3. The van der Waals surface area contributed by atoms with Crippen molar-refractivity contribution in [2.75, 3.05) is 16.0 Å². The molecule has 0 aliphatic heterocycles. The zero-order chi connectivity index (χ0) is 26.6. The smallest absolute Gasteiger partial charge is 0.328 e. The molecule has 37 heavy (non-hydrogen) atoms. The van der Waals surface area contributed by atoms with E-state index in [2.05, 4.69) is 21.2 Å². The van der Waals surface area contributed by atoms with Crippen LogP contribution in [-0.4, -0.2) is 23.3 Å². The van der Waals surface area contributed by atoms with Crippen LogP contribution in [0.25, 0.3) is 0 Å². The van der Waals surface area contributed by atoms with E-state index in [0.29, 0.717) is 5.56 Å². The predicted octanol–water partition coefficient (Wildman–Crippen LogP) is 4.81. The highest BCUT2D eigenvalue weighted by molar-refractivity contribution is 6.00. The number of halogens is 3. The topological polar surface area (TPSA) is 126 Å². The first kappa shape index (κ1) is 26.1. The molecule has 4 rings (SSSR count). The number of nitrogens with zero attached hydrogens (tertiary/aromatic N) is 2. The van der Waals surface area contributed by atoms with Gasteiger partial charge in [0.1, 0.15) is 0 Å². The fraction of sp³-hybridized carbons (Fsp3) is 0.360. The molecule has 196 valence electrons. The monoisotopic (exact) mass is 517 g/mol. The number of benzene rings is 2. The van der Waals surface area contributed by atoms with Gasteiger partial charge < -0.3 is 16.4 Å². The summed E-state index contributed by atoms with van der Waals surface area (Å²) in [5.74, 6) is -1.06. The van der Waals surface area contributed by atoms with Gasteiger partial charge in [0, 0.05) is 30.3 Å². The minimum Gasteiger partial charge on any atom is -0.328 e. The van der Waals surface area contributed by atoms with Gasteiger partial charge in [-0.25, -0.2) is 4.79 Å². The maximum Gasteiger partial charge on any atom is 0.416 e. The minimum absolute atomic E-state index is 0.0320. The fourth-order valence-electron chi connectivity index (χ4n) is 4.21. The van der Waals surface area contributed by atoms with E-state index >= 15 is 0 Å². The van der Waals surface area contributed by atoms with Crippen molar-refractivity contribution in [2.45, 2.75) is 56.8 Å². The summed E-state index contributed by atoms with van der Waals surface area (Å²) in [6.45, 7) is 1.65. The first-order valence-corrected chi connectivity index (χ1v) is 11.9. The summed E-state index contributed by atoms with van der Waals surface area (Å²) in [5.41, 5.74) is 5.34. The summed E-state index contributed by atoms with van der Waals surface area (Å²) in [7, 11) is 0. The lowest BCUT2D eigenvalue weighted by Crippen LogP contribution is -2.44. The van der Waals surface area contributed by atoms with Crippen molar-refractivity contribution in [3.05, 3.63) is 65.9 Å². The number of nitrogens with two attached hydrogens (primary N) is 1. The Balaban J connectivity index is 1.45. The highest BCUT2D eigenvalue weighted by atomic mass is 19.4. The molecule has 0 unspecified atom stereocenters. The van der Waals surface area contributed by atoms with Crippen LogP contribution in [0.2, 0.25) is 0 Å². The summed E-state index contributed by atoms with van der Waals surface area (Å²) in [6, 6.07) is 11.1. The molecule has 0 saturated heterocycles. The molecular weight excluding hydrogens is 489 g/mol. The van der Waals surface area contributed by atoms with Gasteiger partial charge in [0.15, 0.2) is 6.04 Å². The quantitative estimate of drug-likeness (QED) is 0.349. The molecule has 1 heterocycles. The molecule has 2 aromatic carbocycles. The summed E-state index contributed by atoms with van der Waals surface area (Å²) in [4.78, 5) is 25.2. The van der Waals surface area contributed by atoms with Crippen LogP contribution in [0, 0.1) is 0 Å². The average Bonchev–Trinajstić information content (AvgIpc) is 3.32. The fourth-order valence-corrected chi connectivity index (χ4v) is 4.21. The number of hydrogen-bond acceptors (Lipinski definition) is 5. The summed E-state index contributed by atoms with van der Waals surface area (Å²) in [6.07, 6.45) is 0.178. The number of anilines is 3. The summed E-state index contributed by atoms with van der Waals surface area (Å²) >= 11 is 0. The lowest BCUT2D eigenvalue weighted by molar-refractivity contribution is -0.787. The van der Waals surface area contributed by atoms with E-state index in [4.69, 9.17) is 10.3 Å². The lowest BCUT2D eigenvalue weighted by atomic mass is 9.92. The normalized spacial score (nSPS) is 18.6. The van der Waals surface area contributed by atoms with Gasteiger partial charge in [-0.05, 0) is 48.2 Å². The Hall–Kier alpha value is -3.93. The van der Waals surface area contributed by atoms with Crippen LogP contribution in [0.5, 0.6) is 0 Å². The molecular formula is C25H28F3N6O3+. The van der Waals surface area contributed by atoms with Gasteiger partial charge in [-0.15, -0.1) is 0 Å². The first-order valence-electron chi connectivity index (χ1n) is 11.9. The Kier molecular flexibility index (Phi) is 7.77. The molecule has 1 atom stereocenters. The lowest BCUT2D eigenvalue weighted by Gasteiger charge is -2.19. The number of carbonyl (C=O) groups is 2. The van der Waals surface area contributed by atoms with E-state index < -0.39 is 29.6 Å². The van der Waals surface area contributed by atoms with E-state index in [-0.39, 0.29) is 29.3 Å². The zero-order valence-corrected chi connectivity index (χ0v) is 20.1. The number of alkyl halides is 3. The van der Waals surface area contributed by atoms with Gasteiger partial charge in [0.05, 0.1) is 11.5 Å². The number of nitrogens with one attached hydrogen (secondary N) is 3. The molecule has 1 aliphatic carbocycles. The molecule has 1 fully saturated rings. The van der Waals surface area contributed by atoms with Crippen molar-refractivity contribution in [3.8, 4) is 0 Å². The second-order valence-corrected chi connectivity index (χ2v) is 9.11. The zero-order valence-electron chi connectivity index (χ0n) is 20.1. The van der Waals surface area contributed by atoms with Crippen LogP contribution < -0.4 is 26.4 Å². The van der Waals surface area contributed by atoms with Gasteiger partial charge in [0.25, 0.3) is 6.20 Å².